The fourth-order valence-electron chi connectivity index (χ4n) is 3.70. The molecular formula is C19H31NO. The smallest absolute Gasteiger partial charge is 0.0872 e. The molecule has 118 valence electrons. The highest BCUT2D eigenvalue weighted by Gasteiger charge is 2.41. The van der Waals surface area contributed by atoms with Gasteiger partial charge in [-0.25, -0.2) is 0 Å². The maximum absolute atomic E-state index is 6.12. The third kappa shape index (κ3) is 3.67. The molecule has 2 rings (SSSR count). The van der Waals surface area contributed by atoms with Gasteiger partial charge in [-0.1, -0.05) is 49.9 Å². The average Bonchev–Trinajstić information content (AvgIpc) is 2.51. The lowest BCUT2D eigenvalue weighted by atomic mass is 9.75. The van der Waals surface area contributed by atoms with Crippen LogP contribution in [0, 0.1) is 13.8 Å². The summed E-state index contributed by atoms with van der Waals surface area (Å²) in [7, 11) is 1.90. The topological polar surface area (TPSA) is 21.3 Å². The SMILES string of the molecule is CCCNC(c1cc(C)ccc1C)C1(OC)CCCCC1. The summed E-state index contributed by atoms with van der Waals surface area (Å²) in [5.41, 5.74) is 4.09. The summed E-state index contributed by atoms with van der Waals surface area (Å²) in [5.74, 6) is 0. The van der Waals surface area contributed by atoms with Gasteiger partial charge < -0.3 is 10.1 Å². The fraction of sp³-hybridized carbons (Fsp3) is 0.684. The van der Waals surface area contributed by atoms with E-state index in [0.29, 0.717) is 6.04 Å². The van der Waals surface area contributed by atoms with Crippen molar-refractivity contribution in [1.29, 1.82) is 0 Å². The minimum Gasteiger partial charge on any atom is -0.376 e. The van der Waals surface area contributed by atoms with E-state index in [1.807, 2.05) is 7.11 Å². The van der Waals surface area contributed by atoms with Crippen LogP contribution in [0.1, 0.15) is 68.2 Å². The first-order valence-corrected chi connectivity index (χ1v) is 8.48. The number of methoxy groups -OCH3 is 1. The number of rotatable bonds is 6. The van der Waals surface area contributed by atoms with Crippen LogP contribution in [0.2, 0.25) is 0 Å². The number of aryl methyl sites for hydroxylation is 2. The molecule has 0 spiro atoms. The zero-order valence-electron chi connectivity index (χ0n) is 14.2. The van der Waals surface area contributed by atoms with Crippen LogP contribution < -0.4 is 5.32 Å². The Morgan fingerprint density at radius 3 is 2.52 bits per heavy atom. The van der Waals surface area contributed by atoms with Crippen LogP contribution in [0.15, 0.2) is 18.2 Å². The largest absolute Gasteiger partial charge is 0.376 e. The number of hydrogen-bond acceptors (Lipinski definition) is 2. The van der Waals surface area contributed by atoms with Crippen LogP contribution in [0.25, 0.3) is 0 Å². The quantitative estimate of drug-likeness (QED) is 0.820. The van der Waals surface area contributed by atoms with E-state index >= 15 is 0 Å². The number of benzene rings is 1. The van der Waals surface area contributed by atoms with E-state index < -0.39 is 0 Å². The normalized spacial score (nSPS) is 19.4. The van der Waals surface area contributed by atoms with Gasteiger partial charge >= 0.3 is 0 Å². The molecule has 0 aromatic heterocycles. The first kappa shape index (κ1) is 16.5. The molecule has 21 heavy (non-hydrogen) atoms. The van der Waals surface area contributed by atoms with Crippen molar-refractivity contribution in [3.8, 4) is 0 Å². The fourth-order valence-corrected chi connectivity index (χ4v) is 3.70. The summed E-state index contributed by atoms with van der Waals surface area (Å²) in [6.07, 6.45) is 7.39. The maximum atomic E-state index is 6.12. The van der Waals surface area contributed by atoms with E-state index in [9.17, 15) is 0 Å². The second kappa shape index (κ2) is 7.42. The van der Waals surface area contributed by atoms with Crippen LogP contribution in [-0.2, 0) is 4.74 Å². The summed E-state index contributed by atoms with van der Waals surface area (Å²) < 4.78 is 6.12. The monoisotopic (exact) mass is 289 g/mol. The van der Waals surface area contributed by atoms with E-state index in [0.717, 1.165) is 25.8 Å². The lowest BCUT2D eigenvalue weighted by molar-refractivity contribution is -0.0688. The molecule has 1 aliphatic rings. The van der Waals surface area contributed by atoms with Crippen molar-refractivity contribution >= 4 is 0 Å². The Balaban J connectivity index is 2.38. The van der Waals surface area contributed by atoms with Gasteiger partial charge in [0.2, 0.25) is 0 Å². The van der Waals surface area contributed by atoms with Gasteiger partial charge in [-0.05, 0) is 50.8 Å². The molecule has 1 atom stereocenters. The molecule has 1 aromatic rings. The first-order chi connectivity index (χ1) is 10.1. The second-order valence-corrected chi connectivity index (χ2v) is 6.58. The Morgan fingerprint density at radius 2 is 1.90 bits per heavy atom. The van der Waals surface area contributed by atoms with Gasteiger partial charge in [0, 0.05) is 7.11 Å². The average molecular weight is 289 g/mol. The molecule has 0 amide bonds. The molecule has 1 aromatic carbocycles. The Bertz CT molecular complexity index is 449. The maximum Gasteiger partial charge on any atom is 0.0872 e. The van der Waals surface area contributed by atoms with E-state index in [4.69, 9.17) is 4.74 Å². The van der Waals surface area contributed by atoms with Gasteiger partial charge in [-0.3, -0.25) is 0 Å². The highest BCUT2D eigenvalue weighted by Crippen LogP contribution is 2.42. The molecule has 1 N–H and O–H groups in total. The molecule has 0 aliphatic heterocycles. The molecule has 0 bridgehead atoms. The van der Waals surface area contributed by atoms with Crippen molar-refractivity contribution in [1.82, 2.24) is 5.32 Å². The molecule has 1 saturated carbocycles. The molecule has 1 unspecified atom stereocenters. The van der Waals surface area contributed by atoms with E-state index in [2.05, 4.69) is 44.3 Å². The van der Waals surface area contributed by atoms with Crippen molar-refractivity contribution < 1.29 is 4.74 Å². The van der Waals surface area contributed by atoms with Crippen LogP contribution in [-0.4, -0.2) is 19.3 Å². The predicted molar refractivity (Wildman–Crippen MR) is 89.8 cm³/mol. The standard InChI is InChI=1S/C19H31NO/c1-5-13-20-18(17-14-15(2)9-10-16(17)3)19(21-4)11-7-6-8-12-19/h9-10,14,18,20H,5-8,11-13H2,1-4H3. The Morgan fingerprint density at radius 1 is 1.19 bits per heavy atom. The third-order valence-electron chi connectivity index (χ3n) is 4.98. The lowest BCUT2D eigenvalue weighted by Crippen LogP contribution is -2.47. The second-order valence-electron chi connectivity index (χ2n) is 6.58. The Hall–Kier alpha value is -0.860. The molecule has 0 saturated heterocycles. The van der Waals surface area contributed by atoms with Crippen LogP contribution in [0.5, 0.6) is 0 Å². The van der Waals surface area contributed by atoms with Crippen LogP contribution >= 0.6 is 0 Å². The van der Waals surface area contributed by atoms with Gasteiger partial charge in [-0.15, -0.1) is 0 Å². The highest BCUT2D eigenvalue weighted by molar-refractivity contribution is 5.35. The highest BCUT2D eigenvalue weighted by atomic mass is 16.5. The van der Waals surface area contributed by atoms with E-state index in [-0.39, 0.29) is 5.60 Å². The van der Waals surface area contributed by atoms with Gasteiger partial charge in [0.25, 0.3) is 0 Å². The summed E-state index contributed by atoms with van der Waals surface area (Å²) >= 11 is 0. The molecule has 2 nitrogen and oxygen atoms in total. The van der Waals surface area contributed by atoms with Gasteiger partial charge in [-0.2, -0.15) is 0 Å². The van der Waals surface area contributed by atoms with Crippen molar-refractivity contribution in [2.45, 2.75) is 70.9 Å². The number of nitrogens with one attached hydrogen (secondary N) is 1. The molecule has 0 radical (unpaired) electrons. The summed E-state index contributed by atoms with van der Waals surface area (Å²) in [6.45, 7) is 7.68. The zero-order valence-corrected chi connectivity index (χ0v) is 14.2. The lowest BCUT2D eigenvalue weighted by Gasteiger charge is -2.43. The molecule has 0 heterocycles. The number of ether oxygens (including phenoxy) is 1. The van der Waals surface area contributed by atoms with E-state index in [1.54, 1.807) is 0 Å². The third-order valence-corrected chi connectivity index (χ3v) is 4.98. The summed E-state index contributed by atoms with van der Waals surface area (Å²) in [6, 6.07) is 7.11. The van der Waals surface area contributed by atoms with Crippen molar-refractivity contribution in [2.75, 3.05) is 13.7 Å². The van der Waals surface area contributed by atoms with Gasteiger partial charge in [0.15, 0.2) is 0 Å². The van der Waals surface area contributed by atoms with Crippen molar-refractivity contribution in [2.24, 2.45) is 0 Å². The Labute approximate surface area is 130 Å². The van der Waals surface area contributed by atoms with Crippen LogP contribution in [0.4, 0.5) is 0 Å². The first-order valence-electron chi connectivity index (χ1n) is 8.48. The van der Waals surface area contributed by atoms with E-state index in [1.165, 1.54) is 36.0 Å². The summed E-state index contributed by atoms with van der Waals surface area (Å²) in [4.78, 5) is 0. The number of hydrogen-bond donors (Lipinski definition) is 1. The Kier molecular flexibility index (Phi) is 5.83. The predicted octanol–water partition coefficient (Wildman–Crippen LogP) is 4.69. The van der Waals surface area contributed by atoms with Gasteiger partial charge in [0.05, 0.1) is 11.6 Å². The molecule has 1 fully saturated rings. The molecule has 1 aliphatic carbocycles. The molecular weight excluding hydrogens is 258 g/mol. The van der Waals surface area contributed by atoms with Crippen LogP contribution in [0.3, 0.4) is 0 Å². The zero-order chi connectivity index (χ0) is 15.3. The van der Waals surface area contributed by atoms with Gasteiger partial charge in [0.1, 0.15) is 0 Å². The minimum atomic E-state index is -0.0357. The van der Waals surface area contributed by atoms with Crippen molar-refractivity contribution in [3.05, 3.63) is 34.9 Å². The minimum absolute atomic E-state index is 0.0357. The summed E-state index contributed by atoms with van der Waals surface area (Å²) in [5, 5.41) is 3.79. The van der Waals surface area contributed by atoms with Crippen molar-refractivity contribution in [3.63, 3.8) is 0 Å². The molecule has 2 heteroatoms.